The van der Waals surface area contributed by atoms with E-state index >= 15 is 0 Å². The van der Waals surface area contributed by atoms with Gasteiger partial charge >= 0.3 is 6.36 Å². The molecule has 80 valence electrons. The van der Waals surface area contributed by atoms with Gasteiger partial charge in [-0.15, -0.1) is 13.2 Å². The number of hydrogen-bond acceptors (Lipinski definition) is 3. The molecule has 0 unspecified atom stereocenters. The van der Waals surface area contributed by atoms with E-state index in [0.717, 1.165) is 0 Å². The molecule has 0 N–H and O–H groups in total. The van der Waals surface area contributed by atoms with Crippen molar-refractivity contribution in [2.45, 2.75) is 6.36 Å². The van der Waals surface area contributed by atoms with Crippen molar-refractivity contribution in [3.8, 4) is 11.8 Å². The van der Waals surface area contributed by atoms with Crippen LogP contribution in [0.1, 0.15) is 5.69 Å². The third-order valence-electron chi connectivity index (χ3n) is 1.22. The summed E-state index contributed by atoms with van der Waals surface area (Å²) in [6.07, 6.45) is -4.86. The second kappa shape index (κ2) is 4.37. The summed E-state index contributed by atoms with van der Waals surface area (Å²) < 4.78 is 39.7. The van der Waals surface area contributed by atoms with Gasteiger partial charge in [-0.25, -0.2) is 4.98 Å². The van der Waals surface area contributed by atoms with E-state index in [1.807, 2.05) is 0 Å². The zero-order chi connectivity index (χ0) is 11.6. The Morgan fingerprint density at radius 3 is 2.47 bits per heavy atom. The van der Waals surface area contributed by atoms with Crippen LogP contribution in [0.2, 0.25) is 0 Å². The van der Waals surface area contributed by atoms with E-state index in [1.165, 1.54) is 12.1 Å². The van der Waals surface area contributed by atoms with Crippen molar-refractivity contribution < 1.29 is 17.9 Å². The van der Waals surface area contributed by atoms with Gasteiger partial charge in [-0.3, -0.25) is 0 Å². The summed E-state index contributed by atoms with van der Waals surface area (Å²) in [5.74, 6) is -0.645. The van der Waals surface area contributed by atoms with Gasteiger partial charge in [-0.1, -0.05) is 0 Å². The molecule has 1 rings (SSSR count). The Hall–Kier alpha value is -0.810. The highest BCUT2D eigenvalue weighted by atomic mass is 79.9. The van der Waals surface area contributed by atoms with E-state index in [2.05, 4.69) is 41.6 Å². The van der Waals surface area contributed by atoms with E-state index in [1.54, 1.807) is 0 Å². The fourth-order valence-corrected chi connectivity index (χ4v) is 1.96. The molecule has 0 atom stereocenters. The fourth-order valence-electron chi connectivity index (χ4n) is 0.762. The molecule has 0 amide bonds. The molecule has 0 aliphatic carbocycles. The minimum atomic E-state index is -4.86. The molecule has 0 fully saturated rings. The number of nitrogens with zero attached hydrogens (tertiary/aromatic N) is 2. The average molecular weight is 346 g/mol. The summed E-state index contributed by atoms with van der Waals surface area (Å²) in [5.41, 5.74) is -0.450. The zero-order valence-electron chi connectivity index (χ0n) is 6.77. The Labute approximate surface area is 99.1 Å². The van der Waals surface area contributed by atoms with Crippen molar-refractivity contribution in [1.29, 1.82) is 5.26 Å². The Morgan fingerprint density at radius 2 is 2.00 bits per heavy atom. The summed E-state index contributed by atoms with van der Waals surface area (Å²) in [7, 11) is 0. The Morgan fingerprint density at radius 1 is 1.40 bits per heavy atom. The van der Waals surface area contributed by atoms with Crippen LogP contribution in [0.3, 0.4) is 0 Å². The van der Waals surface area contributed by atoms with Crippen LogP contribution >= 0.6 is 31.9 Å². The minimum Gasteiger partial charge on any atom is -0.401 e. The number of halogens is 5. The standard InChI is InChI=1S/C7HBr2F3N2O/c8-3-1-5(9)14-4(2-13)6(3)15-7(10,11)12/h1H. The van der Waals surface area contributed by atoms with Gasteiger partial charge in [-0.05, 0) is 37.9 Å². The lowest BCUT2D eigenvalue weighted by atomic mass is 10.3. The van der Waals surface area contributed by atoms with E-state index in [-0.39, 0.29) is 9.08 Å². The normalized spacial score (nSPS) is 10.9. The predicted octanol–water partition coefficient (Wildman–Crippen LogP) is 3.38. The van der Waals surface area contributed by atoms with Crippen LogP contribution in [0, 0.1) is 11.3 Å². The Balaban J connectivity index is 3.23. The van der Waals surface area contributed by atoms with Crippen molar-refractivity contribution in [1.82, 2.24) is 4.98 Å². The highest BCUT2D eigenvalue weighted by Gasteiger charge is 2.33. The van der Waals surface area contributed by atoms with Crippen molar-refractivity contribution >= 4 is 31.9 Å². The highest BCUT2D eigenvalue weighted by Crippen LogP contribution is 2.34. The molecular formula is C7HBr2F3N2O. The number of aromatic nitrogens is 1. The number of rotatable bonds is 1. The summed E-state index contributed by atoms with van der Waals surface area (Å²) in [6.45, 7) is 0. The fraction of sp³-hybridized carbons (Fsp3) is 0.143. The van der Waals surface area contributed by atoms with E-state index < -0.39 is 17.8 Å². The van der Waals surface area contributed by atoms with Crippen LogP contribution < -0.4 is 4.74 Å². The van der Waals surface area contributed by atoms with Gasteiger partial charge in [0.05, 0.1) is 4.47 Å². The average Bonchev–Trinajstić information content (AvgIpc) is 2.07. The van der Waals surface area contributed by atoms with E-state index in [9.17, 15) is 13.2 Å². The van der Waals surface area contributed by atoms with Crippen LogP contribution in [0.5, 0.6) is 5.75 Å². The quantitative estimate of drug-likeness (QED) is 0.733. The Bertz CT molecular complexity index is 427. The molecule has 0 radical (unpaired) electrons. The van der Waals surface area contributed by atoms with Gasteiger partial charge in [0.15, 0.2) is 11.4 Å². The maximum Gasteiger partial charge on any atom is 0.573 e. The number of hydrogen-bond donors (Lipinski definition) is 0. The largest absolute Gasteiger partial charge is 0.573 e. The number of alkyl halides is 3. The summed E-state index contributed by atoms with van der Waals surface area (Å²) in [5, 5.41) is 8.56. The molecule has 0 aromatic carbocycles. The second-order valence-corrected chi connectivity index (χ2v) is 3.93. The van der Waals surface area contributed by atoms with Gasteiger partial charge in [0, 0.05) is 0 Å². The van der Waals surface area contributed by atoms with Crippen molar-refractivity contribution in [3.63, 3.8) is 0 Å². The number of pyridine rings is 1. The van der Waals surface area contributed by atoms with Gasteiger partial charge in [0.2, 0.25) is 0 Å². The van der Waals surface area contributed by atoms with Crippen LogP contribution in [-0.4, -0.2) is 11.3 Å². The maximum atomic E-state index is 11.9. The van der Waals surface area contributed by atoms with Gasteiger partial charge < -0.3 is 4.74 Å². The molecule has 0 saturated heterocycles. The van der Waals surface area contributed by atoms with Crippen molar-refractivity contribution in [2.24, 2.45) is 0 Å². The minimum absolute atomic E-state index is 0.00162. The van der Waals surface area contributed by atoms with Crippen molar-refractivity contribution in [3.05, 3.63) is 20.8 Å². The van der Waals surface area contributed by atoms with Gasteiger partial charge in [-0.2, -0.15) is 5.26 Å². The molecular weight excluding hydrogens is 345 g/mol. The second-order valence-electron chi connectivity index (χ2n) is 2.26. The Kier molecular flexibility index (Phi) is 3.57. The molecule has 1 heterocycles. The molecule has 8 heteroatoms. The number of nitriles is 1. The molecule has 0 bridgehead atoms. The highest BCUT2D eigenvalue weighted by molar-refractivity contribution is 9.11. The van der Waals surface area contributed by atoms with E-state index in [0.29, 0.717) is 0 Å². The first-order valence-corrected chi connectivity index (χ1v) is 4.94. The summed E-state index contributed by atoms with van der Waals surface area (Å²) in [6, 6.07) is 2.76. The lowest BCUT2D eigenvalue weighted by Crippen LogP contribution is -2.18. The van der Waals surface area contributed by atoms with Crippen LogP contribution in [0.4, 0.5) is 13.2 Å². The molecule has 0 saturated carbocycles. The van der Waals surface area contributed by atoms with Crippen LogP contribution in [0.25, 0.3) is 0 Å². The molecule has 0 aliphatic heterocycles. The first-order chi connectivity index (χ1) is 6.83. The zero-order valence-corrected chi connectivity index (χ0v) is 9.94. The van der Waals surface area contributed by atoms with Crippen molar-refractivity contribution in [2.75, 3.05) is 0 Å². The lowest BCUT2D eigenvalue weighted by molar-refractivity contribution is -0.275. The molecule has 1 aromatic rings. The summed E-state index contributed by atoms with van der Waals surface area (Å²) in [4.78, 5) is 3.54. The monoisotopic (exact) mass is 344 g/mol. The van der Waals surface area contributed by atoms with Crippen LogP contribution in [-0.2, 0) is 0 Å². The lowest BCUT2D eigenvalue weighted by Gasteiger charge is -2.11. The van der Waals surface area contributed by atoms with E-state index in [4.69, 9.17) is 5.26 Å². The summed E-state index contributed by atoms with van der Waals surface area (Å²) >= 11 is 5.78. The maximum absolute atomic E-state index is 11.9. The molecule has 15 heavy (non-hydrogen) atoms. The molecule has 1 aromatic heterocycles. The number of ether oxygens (including phenoxy) is 1. The molecule has 3 nitrogen and oxygen atoms in total. The third kappa shape index (κ3) is 3.35. The molecule has 0 aliphatic rings. The molecule has 0 spiro atoms. The van der Waals surface area contributed by atoms with Gasteiger partial charge in [0.25, 0.3) is 0 Å². The first kappa shape index (κ1) is 12.3. The smallest absolute Gasteiger partial charge is 0.401 e. The van der Waals surface area contributed by atoms with Crippen LogP contribution in [0.15, 0.2) is 15.1 Å². The third-order valence-corrected chi connectivity index (χ3v) is 2.22. The van der Waals surface area contributed by atoms with Gasteiger partial charge in [0.1, 0.15) is 10.7 Å². The SMILES string of the molecule is N#Cc1nc(Br)cc(Br)c1OC(F)(F)F. The topological polar surface area (TPSA) is 45.9 Å². The first-order valence-electron chi connectivity index (χ1n) is 3.35. The predicted molar refractivity (Wildman–Crippen MR) is 51.0 cm³/mol.